The maximum Gasteiger partial charge on any atom is 0.133 e. The van der Waals surface area contributed by atoms with Gasteiger partial charge in [0, 0.05) is 5.56 Å². The summed E-state index contributed by atoms with van der Waals surface area (Å²) in [5.74, 6) is -0.831. The molecule has 0 aliphatic rings. The Hall–Kier alpha value is -0.920. The Morgan fingerprint density at radius 3 is 1.59 bits per heavy atom. The molecule has 0 amide bonds. The average Bonchev–Trinajstić information content (AvgIpc) is 1.94. The maximum atomic E-state index is 14.5. The molecule has 0 saturated heterocycles. The van der Waals surface area contributed by atoms with E-state index in [-0.39, 0.29) is 16.8 Å². The van der Waals surface area contributed by atoms with Gasteiger partial charge < -0.3 is 0 Å². The molecule has 0 atom stereocenters. The van der Waals surface area contributed by atoms with Gasteiger partial charge in [0.15, 0.2) is 0 Å². The van der Waals surface area contributed by atoms with Crippen molar-refractivity contribution in [3.05, 3.63) is 34.4 Å². The first-order valence-corrected chi connectivity index (χ1v) is 5.96. The van der Waals surface area contributed by atoms with E-state index in [0.717, 1.165) is 0 Å². The summed E-state index contributed by atoms with van der Waals surface area (Å²) >= 11 is 0. The third-order valence-electron chi connectivity index (χ3n) is 2.92. The molecule has 0 heterocycles. The first-order chi connectivity index (χ1) is 7.46. The molecule has 0 nitrogen and oxygen atoms in total. The molecule has 1 aromatic carbocycles. The molecule has 0 saturated carbocycles. The second-order valence-electron chi connectivity index (χ2n) is 6.74. The first kappa shape index (κ1) is 14.1. The minimum absolute atomic E-state index is 0.188. The molecule has 17 heavy (non-hydrogen) atoms. The lowest BCUT2D eigenvalue weighted by atomic mass is 9.78. The van der Waals surface area contributed by atoms with Crippen molar-refractivity contribution < 1.29 is 8.78 Å². The van der Waals surface area contributed by atoms with Crippen LogP contribution in [0.4, 0.5) is 8.78 Å². The van der Waals surface area contributed by atoms with E-state index < -0.39 is 11.2 Å². The summed E-state index contributed by atoms with van der Waals surface area (Å²) in [7, 11) is 0. The molecular weight excluding hydrogens is 218 g/mol. The SMILES string of the molecule is Cc1cc(F)c(C(C)(C)C)c(F)c1C(C)(C)C. The van der Waals surface area contributed by atoms with Crippen LogP contribution in [0.1, 0.15) is 58.2 Å². The normalized spacial score (nSPS) is 13.0. The monoisotopic (exact) mass is 240 g/mol. The zero-order chi connectivity index (χ0) is 13.6. The van der Waals surface area contributed by atoms with Gasteiger partial charge >= 0.3 is 0 Å². The van der Waals surface area contributed by atoms with Gasteiger partial charge in [-0.25, -0.2) is 8.78 Å². The topological polar surface area (TPSA) is 0 Å². The highest BCUT2D eigenvalue weighted by Gasteiger charge is 2.30. The third-order valence-corrected chi connectivity index (χ3v) is 2.92. The van der Waals surface area contributed by atoms with Crippen LogP contribution in [0.3, 0.4) is 0 Å². The second kappa shape index (κ2) is 4.08. The molecule has 0 aromatic heterocycles. The van der Waals surface area contributed by atoms with Crippen molar-refractivity contribution in [2.45, 2.75) is 59.3 Å². The molecule has 1 rings (SSSR count). The molecular formula is C15H22F2. The Bertz CT molecular complexity index is 393. The lowest BCUT2D eigenvalue weighted by molar-refractivity contribution is 0.448. The molecule has 0 fully saturated rings. The van der Waals surface area contributed by atoms with Gasteiger partial charge in [-0.05, 0) is 34.9 Å². The molecule has 0 aliphatic heterocycles. The van der Waals surface area contributed by atoms with E-state index in [0.29, 0.717) is 11.1 Å². The second-order valence-corrected chi connectivity index (χ2v) is 6.74. The Kier molecular flexibility index (Phi) is 3.39. The fraction of sp³-hybridized carbons (Fsp3) is 0.600. The van der Waals surface area contributed by atoms with Gasteiger partial charge in [-0.2, -0.15) is 0 Å². The van der Waals surface area contributed by atoms with E-state index in [4.69, 9.17) is 0 Å². The van der Waals surface area contributed by atoms with Crippen molar-refractivity contribution in [1.82, 2.24) is 0 Å². The highest BCUT2D eigenvalue weighted by molar-refractivity contribution is 5.41. The number of rotatable bonds is 0. The predicted molar refractivity (Wildman–Crippen MR) is 68.5 cm³/mol. The van der Waals surface area contributed by atoms with Crippen molar-refractivity contribution in [3.63, 3.8) is 0 Å². The highest BCUT2D eigenvalue weighted by atomic mass is 19.1. The Labute approximate surface area is 103 Å². The Morgan fingerprint density at radius 2 is 1.24 bits per heavy atom. The molecule has 96 valence electrons. The zero-order valence-corrected chi connectivity index (χ0v) is 11.8. The van der Waals surface area contributed by atoms with Crippen LogP contribution >= 0.6 is 0 Å². The molecule has 2 heteroatoms. The van der Waals surface area contributed by atoms with Crippen LogP contribution in [-0.2, 0) is 10.8 Å². The summed E-state index contributed by atoms with van der Waals surface area (Å²) in [5, 5.41) is 0. The number of hydrogen-bond donors (Lipinski definition) is 0. The minimum Gasteiger partial charge on any atom is -0.207 e. The number of hydrogen-bond acceptors (Lipinski definition) is 0. The smallest absolute Gasteiger partial charge is 0.133 e. The van der Waals surface area contributed by atoms with E-state index in [2.05, 4.69) is 0 Å². The van der Waals surface area contributed by atoms with Crippen LogP contribution in [0, 0.1) is 18.6 Å². The summed E-state index contributed by atoms with van der Waals surface area (Å²) in [6, 6.07) is 1.45. The van der Waals surface area contributed by atoms with Crippen LogP contribution in [0.5, 0.6) is 0 Å². The van der Waals surface area contributed by atoms with Crippen LogP contribution < -0.4 is 0 Å². The predicted octanol–water partition coefficient (Wildman–Crippen LogP) is 4.87. The number of halogens is 2. The summed E-state index contributed by atoms with van der Waals surface area (Å²) in [6.45, 7) is 13.1. The van der Waals surface area contributed by atoms with Crippen LogP contribution in [0.15, 0.2) is 6.07 Å². The fourth-order valence-corrected chi connectivity index (χ4v) is 2.35. The van der Waals surface area contributed by atoms with E-state index in [1.165, 1.54) is 6.07 Å². The van der Waals surface area contributed by atoms with Gasteiger partial charge in [0.1, 0.15) is 11.6 Å². The highest BCUT2D eigenvalue weighted by Crippen LogP contribution is 2.36. The molecule has 0 radical (unpaired) electrons. The summed E-state index contributed by atoms with van der Waals surface area (Å²) in [5.41, 5.74) is 0.640. The zero-order valence-electron chi connectivity index (χ0n) is 11.8. The van der Waals surface area contributed by atoms with Gasteiger partial charge in [0.25, 0.3) is 0 Å². The summed E-state index contributed by atoms with van der Waals surface area (Å²) in [6.07, 6.45) is 0. The number of aryl methyl sites for hydroxylation is 1. The molecule has 1 aromatic rings. The van der Waals surface area contributed by atoms with E-state index in [1.54, 1.807) is 6.92 Å². The van der Waals surface area contributed by atoms with Crippen molar-refractivity contribution in [3.8, 4) is 0 Å². The van der Waals surface area contributed by atoms with E-state index in [1.807, 2.05) is 41.5 Å². The van der Waals surface area contributed by atoms with Crippen molar-refractivity contribution in [2.75, 3.05) is 0 Å². The summed E-state index contributed by atoms with van der Waals surface area (Å²) in [4.78, 5) is 0. The lowest BCUT2D eigenvalue weighted by Crippen LogP contribution is -2.23. The third kappa shape index (κ3) is 2.67. The van der Waals surface area contributed by atoms with Gasteiger partial charge in [-0.1, -0.05) is 41.5 Å². The largest absolute Gasteiger partial charge is 0.207 e. The van der Waals surface area contributed by atoms with E-state index >= 15 is 0 Å². The summed E-state index contributed by atoms with van der Waals surface area (Å²) < 4.78 is 28.5. The van der Waals surface area contributed by atoms with Crippen molar-refractivity contribution in [1.29, 1.82) is 0 Å². The Balaban J connectivity index is 3.67. The minimum atomic E-state index is -0.526. The standard InChI is InChI=1S/C15H22F2/c1-9-8-10(16)12(15(5,6)7)13(17)11(9)14(2,3)4/h8H,1-7H3. The first-order valence-electron chi connectivity index (χ1n) is 5.96. The van der Waals surface area contributed by atoms with Crippen LogP contribution in [0.25, 0.3) is 0 Å². The average molecular weight is 240 g/mol. The maximum absolute atomic E-state index is 14.5. The van der Waals surface area contributed by atoms with Gasteiger partial charge in [-0.15, -0.1) is 0 Å². The van der Waals surface area contributed by atoms with Gasteiger partial charge in [0.2, 0.25) is 0 Å². The van der Waals surface area contributed by atoms with E-state index in [9.17, 15) is 8.78 Å². The van der Waals surface area contributed by atoms with Crippen molar-refractivity contribution >= 4 is 0 Å². The quantitative estimate of drug-likeness (QED) is 0.607. The molecule has 0 aliphatic carbocycles. The Morgan fingerprint density at radius 1 is 0.824 bits per heavy atom. The molecule has 0 spiro atoms. The van der Waals surface area contributed by atoms with Gasteiger partial charge in [0.05, 0.1) is 0 Å². The molecule has 0 N–H and O–H groups in total. The van der Waals surface area contributed by atoms with Crippen molar-refractivity contribution in [2.24, 2.45) is 0 Å². The fourth-order valence-electron chi connectivity index (χ4n) is 2.35. The lowest BCUT2D eigenvalue weighted by Gasteiger charge is -2.28. The van der Waals surface area contributed by atoms with Gasteiger partial charge in [-0.3, -0.25) is 0 Å². The number of benzene rings is 1. The molecule has 0 unspecified atom stereocenters. The van der Waals surface area contributed by atoms with Crippen LogP contribution in [0.2, 0.25) is 0 Å². The van der Waals surface area contributed by atoms with Crippen LogP contribution in [-0.4, -0.2) is 0 Å². The molecule has 0 bridgehead atoms.